The fraction of sp³-hybridized carbons (Fsp3) is 0.394. The van der Waals surface area contributed by atoms with Crippen molar-refractivity contribution in [3.8, 4) is 5.75 Å². The van der Waals surface area contributed by atoms with Gasteiger partial charge >= 0.3 is 18.0 Å². The SMILES string of the molecule is COc1ccc(CNC[C@]2(n3cn[nH]c3=O)CC[C@@](CO[C@H](C)c3cc(C(F)(F)F)cc(C(F)(F)F)c3)(c3ccccc3)NC2)cc1. The van der Waals surface area contributed by atoms with Gasteiger partial charge in [0, 0.05) is 19.6 Å². The summed E-state index contributed by atoms with van der Waals surface area (Å²) in [5, 5.41) is 13.4. The summed E-state index contributed by atoms with van der Waals surface area (Å²) < 4.78 is 94.1. The predicted octanol–water partition coefficient (Wildman–Crippen LogP) is 6.16. The van der Waals surface area contributed by atoms with Crippen LogP contribution in [0.4, 0.5) is 26.3 Å². The molecular weight excluding hydrogens is 628 g/mol. The number of methoxy groups -OCH3 is 1. The van der Waals surface area contributed by atoms with Gasteiger partial charge in [0.15, 0.2) is 0 Å². The van der Waals surface area contributed by atoms with E-state index in [4.69, 9.17) is 9.47 Å². The summed E-state index contributed by atoms with van der Waals surface area (Å²) in [6.45, 7) is 2.54. The third-order valence-electron chi connectivity index (χ3n) is 8.76. The van der Waals surface area contributed by atoms with Crippen LogP contribution in [0.15, 0.2) is 83.9 Å². The summed E-state index contributed by atoms with van der Waals surface area (Å²) >= 11 is 0. The molecule has 0 spiro atoms. The molecule has 47 heavy (non-hydrogen) atoms. The Morgan fingerprint density at radius 3 is 2.15 bits per heavy atom. The summed E-state index contributed by atoms with van der Waals surface area (Å²) in [6.07, 6.45) is -8.72. The molecule has 4 aromatic rings. The van der Waals surface area contributed by atoms with Gasteiger partial charge in [-0.3, -0.25) is 4.57 Å². The first-order chi connectivity index (χ1) is 22.2. The molecule has 252 valence electrons. The summed E-state index contributed by atoms with van der Waals surface area (Å²) in [7, 11) is 1.59. The van der Waals surface area contributed by atoms with E-state index in [-0.39, 0.29) is 30.5 Å². The van der Waals surface area contributed by atoms with Crippen LogP contribution in [0.1, 0.15) is 53.7 Å². The number of halogens is 6. The number of rotatable bonds is 11. The third-order valence-corrected chi connectivity index (χ3v) is 8.76. The Bertz CT molecular complexity index is 1650. The molecule has 0 radical (unpaired) electrons. The molecule has 1 fully saturated rings. The summed E-state index contributed by atoms with van der Waals surface area (Å²) in [5.41, 5.74) is -3.22. The van der Waals surface area contributed by atoms with Crippen molar-refractivity contribution in [1.82, 2.24) is 25.4 Å². The van der Waals surface area contributed by atoms with Gasteiger partial charge in [0.05, 0.1) is 42.0 Å². The number of nitrogens with one attached hydrogen (secondary N) is 3. The van der Waals surface area contributed by atoms with Crippen molar-refractivity contribution in [3.63, 3.8) is 0 Å². The standard InChI is InChI=1S/C33H35F6N5O3/c1-22(24-14-26(32(34,35)36)16-27(15-24)33(37,38)39)47-20-31(25-6-4-3-5-7-25)13-12-30(19-41-31,44-21-42-43-29(44)45)18-40-17-23-8-10-28(46-2)11-9-23/h3-11,14-16,21-22,40-41H,12-13,17-20H2,1-2H3,(H,43,45)/t22-,30-,31-/m1/s1. The van der Waals surface area contributed by atoms with Gasteiger partial charge < -0.3 is 20.1 Å². The van der Waals surface area contributed by atoms with Crippen LogP contribution >= 0.6 is 0 Å². The van der Waals surface area contributed by atoms with Crippen LogP contribution in [0.5, 0.6) is 5.75 Å². The molecule has 0 unspecified atom stereocenters. The quantitative estimate of drug-likeness (QED) is 0.167. The topological polar surface area (TPSA) is 93.2 Å². The van der Waals surface area contributed by atoms with E-state index >= 15 is 0 Å². The Labute approximate surface area is 267 Å². The van der Waals surface area contributed by atoms with Crippen LogP contribution in [-0.2, 0) is 34.7 Å². The second kappa shape index (κ2) is 13.5. The average molecular weight is 664 g/mol. The Morgan fingerprint density at radius 1 is 0.957 bits per heavy atom. The molecule has 1 aliphatic rings. The number of aromatic amines is 1. The first kappa shape index (κ1) is 34.2. The Hall–Kier alpha value is -4.14. The first-order valence-electron chi connectivity index (χ1n) is 14.9. The molecular formula is C33H35F6N5O3. The fourth-order valence-electron chi connectivity index (χ4n) is 5.95. The van der Waals surface area contributed by atoms with Crippen molar-refractivity contribution in [2.24, 2.45) is 0 Å². The van der Waals surface area contributed by atoms with Crippen molar-refractivity contribution in [1.29, 1.82) is 0 Å². The van der Waals surface area contributed by atoms with Gasteiger partial charge in [0.2, 0.25) is 0 Å². The highest BCUT2D eigenvalue weighted by atomic mass is 19.4. The lowest BCUT2D eigenvalue weighted by molar-refractivity contribution is -0.143. The first-order valence-corrected chi connectivity index (χ1v) is 14.9. The maximum Gasteiger partial charge on any atom is 0.416 e. The molecule has 3 N–H and O–H groups in total. The number of aromatic nitrogens is 3. The number of nitrogens with zero attached hydrogens (tertiary/aromatic N) is 2. The minimum absolute atomic E-state index is 0.0641. The molecule has 0 saturated carbocycles. The van der Waals surface area contributed by atoms with E-state index in [0.29, 0.717) is 38.1 Å². The van der Waals surface area contributed by atoms with E-state index in [1.165, 1.54) is 13.3 Å². The zero-order valence-electron chi connectivity index (χ0n) is 25.7. The van der Waals surface area contributed by atoms with E-state index in [2.05, 4.69) is 20.8 Å². The van der Waals surface area contributed by atoms with Crippen molar-refractivity contribution in [2.45, 2.75) is 55.8 Å². The lowest BCUT2D eigenvalue weighted by Gasteiger charge is -2.48. The monoisotopic (exact) mass is 663 g/mol. The molecule has 1 aliphatic heterocycles. The Morgan fingerprint density at radius 2 is 1.62 bits per heavy atom. The van der Waals surface area contributed by atoms with Crippen molar-refractivity contribution >= 4 is 0 Å². The summed E-state index contributed by atoms with van der Waals surface area (Å²) in [6, 6.07) is 18.3. The van der Waals surface area contributed by atoms with Gasteiger partial charge in [-0.2, -0.15) is 31.4 Å². The third kappa shape index (κ3) is 7.71. The highest BCUT2D eigenvalue weighted by Gasteiger charge is 2.46. The van der Waals surface area contributed by atoms with Crippen molar-refractivity contribution in [3.05, 3.63) is 117 Å². The maximum absolute atomic E-state index is 13.5. The van der Waals surface area contributed by atoms with E-state index in [0.717, 1.165) is 16.9 Å². The Balaban J connectivity index is 1.38. The summed E-state index contributed by atoms with van der Waals surface area (Å²) in [5.74, 6) is 0.731. The van der Waals surface area contributed by atoms with E-state index in [1.807, 2.05) is 54.6 Å². The number of ether oxygens (including phenoxy) is 2. The number of benzene rings is 3. The van der Waals surface area contributed by atoms with E-state index in [1.54, 1.807) is 11.7 Å². The van der Waals surface area contributed by atoms with Gasteiger partial charge in [-0.1, -0.05) is 42.5 Å². The molecule has 14 heteroatoms. The smallest absolute Gasteiger partial charge is 0.416 e. The van der Waals surface area contributed by atoms with Gasteiger partial charge in [0.1, 0.15) is 12.1 Å². The second-order valence-corrected chi connectivity index (χ2v) is 11.8. The Kier molecular flexibility index (Phi) is 9.85. The fourth-order valence-corrected chi connectivity index (χ4v) is 5.95. The molecule has 0 aliphatic carbocycles. The minimum Gasteiger partial charge on any atom is -0.497 e. The average Bonchev–Trinajstić information content (AvgIpc) is 3.50. The zero-order chi connectivity index (χ0) is 33.9. The number of hydrogen-bond acceptors (Lipinski definition) is 6. The molecule has 1 saturated heterocycles. The molecule has 3 atom stereocenters. The predicted molar refractivity (Wildman–Crippen MR) is 162 cm³/mol. The second-order valence-electron chi connectivity index (χ2n) is 11.8. The lowest BCUT2D eigenvalue weighted by atomic mass is 9.76. The van der Waals surface area contributed by atoms with Crippen LogP contribution in [-0.4, -0.2) is 41.6 Å². The van der Waals surface area contributed by atoms with Crippen LogP contribution in [0.3, 0.4) is 0 Å². The van der Waals surface area contributed by atoms with Crippen LogP contribution < -0.4 is 21.1 Å². The summed E-state index contributed by atoms with van der Waals surface area (Å²) in [4.78, 5) is 12.8. The molecule has 3 aromatic carbocycles. The molecule has 2 heterocycles. The molecule has 0 bridgehead atoms. The van der Waals surface area contributed by atoms with Gasteiger partial charge in [0.25, 0.3) is 0 Å². The largest absolute Gasteiger partial charge is 0.497 e. The normalized spacial score (nSPS) is 21.0. The highest BCUT2D eigenvalue weighted by molar-refractivity contribution is 5.35. The number of hydrogen-bond donors (Lipinski definition) is 3. The van der Waals surface area contributed by atoms with E-state index < -0.39 is 40.7 Å². The van der Waals surface area contributed by atoms with Crippen LogP contribution in [0.2, 0.25) is 0 Å². The van der Waals surface area contributed by atoms with E-state index in [9.17, 15) is 31.1 Å². The molecule has 0 amide bonds. The highest BCUT2D eigenvalue weighted by Crippen LogP contribution is 2.40. The van der Waals surface area contributed by atoms with Gasteiger partial charge in [-0.25, -0.2) is 9.89 Å². The van der Waals surface area contributed by atoms with Crippen LogP contribution in [0, 0.1) is 0 Å². The molecule has 8 nitrogen and oxygen atoms in total. The van der Waals surface area contributed by atoms with Crippen molar-refractivity contribution < 1.29 is 35.8 Å². The zero-order valence-corrected chi connectivity index (χ0v) is 25.7. The number of alkyl halides is 6. The number of piperidine rings is 1. The number of H-pyrrole nitrogens is 1. The van der Waals surface area contributed by atoms with Crippen LogP contribution in [0.25, 0.3) is 0 Å². The van der Waals surface area contributed by atoms with Crippen molar-refractivity contribution in [2.75, 3.05) is 26.8 Å². The van der Waals surface area contributed by atoms with Gasteiger partial charge in [-0.15, -0.1) is 0 Å². The minimum atomic E-state index is -4.97. The van der Waals surface area contributed by atoms with Gasteiger partial charge in [-0.05, 0) is 66.8 Å². The maximum atomic E-state index is 13.5. The molecule has 1 aromatic heterocycles. The molecule has 5 rings (SSSR count). The lowest BCUT2D eigenvalue weighted by Crippen LogP contribution is -2.63.